The number of carbonyl (C=O) groups excluding carboxylic acids is 1. The number of halogens is 1. The number of amides is 1. The van der Waals surface area contributed by atoms with Crippen molar-refractivity contribution in [2.24, 2.45) is 15.4 Å². The molecule has 0 aliphatic carbocycles. The largest absolute Gasteiger partial charge is 0.452 e. The van der Waals surface area contributed by atoms with Gasteiger partial charge in [-0.15, -0.1) is 0 Å². The molecule has 2 aromatic carbocycles. The van der Waals surface area contributed by atoms with Crippen LogP contribution in [-0.2, 0) is 9.57 Å². The predicted molar refractivity (Wildman–Crippen MR) is 113 cm³/mol. The molecule has 7 nitrogen and oxygen atoms in total. The van der Waals surface area contributed by atoms with Gasteiger partial charge in [-0.3, -0.25) is 4.90 Å². The SMILES string of the molecule is CON=C(C(C)=NN=Cc1ccccc1N(C)C(=O)OC)c1ccc(Cl)cc1. The number of rotatable bonds is 6. The lowest BCUT2D eigenvalue weighted by Crippen LogP contribution is -2.26. The van der Waals surface area contributed by atoms with Crippen LogP contribution in [0.4, 0.5) is 10.5 Å². The Kier molecular flexibility index (Phi) is 7.71. The minimum absolute atomic E-state index is 0.474. The Hall–Kier alpha value is -3.19. The van der Waals surface area contributed by atoms with Crippen molar-refractivity contribution >= 4 is 41.0 Å². The average molecular weight is 401 g/mol. The number of hydrogen-bond acceptors (Lipinski definition) is 6. The van der Waals surface area contributed by atoms with E-state index in [9.17, 15) is 4.79 Å². The van der Waals surface area contributed by atoms with Crippen LogP contribution in [-0.4, -0.2) is 45.0 Å². The van der Waals surface area contributed by atoms with E-state index in [0.717, 1.165) is 5.56 Å². The number of oxime groups is 1. The Balaban J connectivity index is 2.29. The van der Waals surface area contributed by atoms with Crippen LogP contribution in [0, 0.1) is 0 Å². The van der Waals surface area contributed by atoms with E-state index in [-0.39, 0.29) is 0 Å². The average Bonchev–Trinajstić information content (AvgIpc) is 2.72. The monoisotopic (exact) mass is 400 g/mol. The van der Waals surface area contributed by atoms with Crippen molar-refractivity contribution in [2.45, 2.75) is 6.92 Å². The first-order valence-electron chi connectivity index (χ1n) is 8.33. The summed E-state index contributed by atoms with van der Waals surface area (Å²) >= 11 is 5.94. The highest BCUT2D eigenvalue weighted by Crippen LogP contribution is 2.18. The summed E-state index contributed by atoms with van der Waals surface area (Å²) in [5.41, 5.74) is 3.25. The summed E-state index contributed by atoms with van der Waals surface area (Å²) in [4.78, 5) is 18.1. The Morgan fingerprint density at radius 3 is 2.43 bits per heavy atom. The number of benzene rings is 2. The third kappa shape index (κ3) is 5.40. The lowest BCUT2D eigenvalue weighted by molar-refractivity contribution is 0.180. The van der Waals surface area contributed by atoms with Crippen LogP contribution < -0.4 is 4.90 Å². The van der Waals surface area contributed by atoms with Crippen LogP contribution in [0.3, 0.4) is 0 Å². The van der Waals surface area contributed by atoms with Gasteiger partial charge in [-0.25, -0.2) is 4.79 Å². The maximum absolute atomic E-state index is 11.8. The molecule has 0 saturated carbocycles. The molecule has 0 aliphatic heterocycles. The van der Waals surface area contributed by atoms with E-state index in [4.69, 9.17) is 21.2 Å². The molecule has 8 heteroatoms. The lowest BCUT2D eigenvalue weighted by atomic mass is 10.1. The summed E-state index contributed by atoms with van der Waals surface area (Å²) in [5, 5.41) is 13.0. The molecular weight excluding hydrogens is 380 g/mol. The van der Waals surface area contributed by atoms with Crippen molar-refractivity contribution in [3.8, 4) is 0 Å². The molecule has 0 heterocycles. The summed E-state index contributed by atoms with van der Waals surface area (Å²) in [6, 6.07) is 14.5. The minimum Gasteiger partial charge on any atom is -0.452 e. The molecule has 0 N–H and O–H groups in total. The molecule has 0 unspecified atom stereocenters. The van der Waals surface area contributed by atoms with Crippen molar-refractivity contribution in [1.82, 2.24) is 0 Å². The number of methoxy groups -OCH3 is 1. The zero-order chi connectivity index (χ0) is 20.5. The van der Waals surface area contributed by atoms with Gasteiger partial charge in [-0.05, 0) is 25.1 Å². The molecule has 1 amide bonds. The Labute approximate surface area is 168 Å². The van der Waals surface area contributed by atoms with Crippen LogP contribution >= 0.6 is 11.6 Å². The smallest absolute Gasteiger partial charge is 0.413 e. The van der Waals surface area contributed by atoms with Crippen LogP contribution in [0.1, 0.15) is 18.1 Å². The molecule has 0 spiro atoms. The third-order valence-corrected chi connectivity index (χ3v) is 4.05. The van der Waals surface area contributed by atoms with Crippen LogP contribution in [0.2, 0.25) is 5.02 Å². The summed E-state index contributed by atoms with van der Waals surface area (Å²) in [6.45, 7) is 1.77. The molecular formula is C20H21ClN4O3. The van der Waals surface area contributed by atoms with Crippen LogP contribution in [0.5, 0.6) is 0 Å². The predicted octanol–water partition coefficient (Wildman–Crippen LogP) is 4.39. The van der Waals surface area contributed by atoms with E-state index >= 15 is 0 Å². The molecule has 28 heavy (non-hydrogen) atoms. The fraction of sp³-hybridized carbons (Fsp3) is 0.200. The molecule has 0 bridgehead atoms. The van der Waals surface area contributed by atoms with Crippen molar-refractivity contribution < 1.29 is 14.4 Å². The first-order chi connectivity index (χ1) is 13.5. The topological polar surface area (TPSA) is 75.9 Å². The van der Waals surface area contributed by atoms with Gasteiger partial charge in [0.15, 0.2) is 0 Å². The third-order valence-electron chi connectivity index (χ3n) is 3.79. The molecule has 146 valence electrons. The fourth-order valence-electron chi connectivity index (χ4n) is 2.39. The van der Waals surface area contributed by atoms with Gasteiger partial charge in [0.2, 0.25) is 0 Å². The molecule has 0 radical (unpaired) electrons. The summed E-state index contributed by atoms with van der Waals surface area (Å²) < 4.78 is 4.76. The number of carbonyl (C=O) groups is 1. The lowest BCUT2D eigenvalue weighted by Gasteiger charge is -2.17. The van der Waals surface area contributed by atoms with Gasteiger partial charge in [-0.2, -0.15) is 10.2 Å². The van der Waals surface area contributed by atoms with E-state index in [1.165, 1.54) is 19.1 Å². The van der Waals surface area contributed by atoms with Gasteiger partial charge >= 0.3 is 6.09 Å². The van der Waals surface area contributed by atoms with Crippen molar-refractivity contribution in [3.63, 3.8) is 0 Å². The van der Waals surface area contributed by atoms with E-state index < -0.39 is 6.09 Å². The van der Waals surface area contributed by atoms with E-state index in [0.29, 0.717) is 27.7 Å². The van der Waals surface area contributed by atoms with Crippen molar-refractivity contribution in [1.29, 1.82) is 0 Å². The Morgan fingerprint density at radius 1 is 1.11 bits per heavy atom. The highest BCUT2D eigenvalue weighted by atomic mass is 35.5. The Morgan fingerprint density at radius 2 is 1.79 bits per heavy atom. The van der Waals surface area contributed by atoms with Gasteiger partial charge in [0.1, 0.15) is 12.8 Å². The summed E-state index contributed by atoms with van der Waals surface area (Å²) in [5.74, 6) is 0. The number of hydrogen-bond donors (Lipinski definition) is 0. The molecule has 2 rings (SSSR count). The van der Waals surface area contributed by atoms with Crippen LogP contribution in [0.15, 0.2) is 63.9 Å². The first kappa shape index (κ1) is 21.1. The zero-order valence-corrected chi connectivity index (χ0v) is 16.8. The van der Waals surface area contributed by atoms with Gasteiger partial charge in [0.05, 0.1) is 24.7 Å². The second kappa shape index (κ2) is 10.2. The summed E-state index contributed by atoms with van der Waals surface area (Å²) in [6.07, 6.45) is 1.09. The summed E-state index contributed by atoms with van der Waals surface area (Å²) in [7, 11) is 4.42. The highest BCUT2D eigenvalue weighted by molar-refractivity contribution is 6.47. The quantitative estimate of drug-likeness (QED) is 0.533. The van der Waals surface area contributed by atoms with Crippen molar-refractivity contribution in [3.05, 3.63) is 64.7 Å². The molecule has 2 aromatic rings. The first-order valence-corrected chi connectivity index (χ1v) is 8.71. The van der Waals surface area contributed by atoms with Gasteiger partial charge in [-0.1, -0.05) is 47.1 Å². The number of anilines is 1. The normalized spacial score (nSPS) is 12.2. The second-order valence-electron chi connectivity index (χ2n) is 5.65. The van der Waals surface area contributed by atoms with E-state index in [1.807, 2.05) is 30.3 Å². The maximum Gasteiger partial charge on any atom is 0.413 e. The minimum atomic E-state index is -0.474. The highest BCUT2D eigenvalue weighted by Gasteiger charge is 2.13. The van der Waals surface area contributed by atoms with E-state index in [2.05, 4.69) is 15.4 Å². The van der Waals surface area contributed by atoms with Gasteiger partial charge in [0.25, 0.3) is 0 Å². The van der Waals surface area contributed by atoms with Gasteiger partial charge < -0.3 is 9.57 Å². The number of nitrogens with zero attached hydrogens (tertiary/aromatic N) is 4. The molecule has 0 fully saturated rings. The van der Waals surface area contributed by atoms with Crippen LogP contribution in [0.25, 0.3) is 0 Å². The molecule has 0 aromatic heterocycles. The van der Waals surface area contributed by atoms with Gasteiger partial charge in [0, 0.05) is 23.2 Å². The molecule has 0 atom stereocenters. The standard InChI is InChI=1S/C20H21ClN4O3/c1-14(19(24-28-4)15-9-11-17(21)12-10-15)23-22-13-16-7-5-6-8-18(16)25(2)20(26)27-3/h5-13H,1-4H3. The number of para-hydroxylation sites is 1. The second-order valence-corrected chi connectivity index (χ2v) is 6.08. The molecule has 0 aliphatic rings. The fourth-order valence-corrected chi connectivity index (χ4v) is 2.52. The maximum atomic E-state index is 11.8. The zero-order valence-electron chi connectivity index (χ0n) is 16.1. The van der Waals surface area contributed by atoms with Crippen molar-refractivity contribution in [2.75, 3.05) is 26.2 Å². The Bertz CT molecular complexity index is 908. The van der Waals surface area contributed by atoms with E-state index in [1.54, 1.807) is 38.4 Å². The number of ether oxygens (including phenoxy) is 1. The molecule has 0 saturated heterocycles.